The fourth-order valence-electron chi connectivity index (χ4n) is 4.57. The minimum Gasteiger partial charge on any atom is -0.437 e. The highest BCUT2D eigenvalue weighted by molar-refractivity contribution is 6.34. The van der Waals surface area contributed by atoms with Gasteiger partial charge in [0.15, 0.2) is 0 Å². The number of aliphatic hydroxyl groups excluding tert-OH is 1. The van der Waals surface area contributed by atoms with Crippen LogP contribution in [0.4, 0.5) is 29.3 Å². The number of hydrogen-bond donors (Lipinski definition) is 3. The molecular weight excluding hydrogens is 549 g/mol. The number of aliphatic hydroxyl groups is 1. The van der Waals surface area contributed by atoms with Crippen molar-refractivity contribution in [2.75, 3.05) is 23.7 Å². The number of likely N-dealkylation sites (tertiary alicyclic amines) is 1. The van der Waals surface area contributed by atoms with E-state index in [-0.39, 0.29) is 22.9 Å². The first-order valence-electron chi connectivity index (χ1n) is 12.5. The number of piperidine rings is 1. The largest absolute Gasteiger partial charge is 0.437 e. The number of benzene rings is 2. The number of hydrogen-bond acceptors (Lipinski definition) is 6. The second kappa shape index (κ2) is 11.3. The van der Waals surface area contributed by atoms with Crippen molar-refractivity contribution < 1.29 is 27.8 Å². The van der Waals surface area contributed by atoms with Gasteiger partial charge in [-0.15, -0.1) is 0 Å². The van der Waals surface area contributed by atoms with Gasteiger partial charge < -0.3 is 25.0 Å². The fourth-order valence-corrected chi connectivity index (χ4v) is 4.79. The zero-order valence-electron chi connectivity index (χ0n) is 21.4. The molecule has 1 fully saturated rings. The number of fused-ring (bicyclic) bond motifs is 1. The molecule has 0 bridgehead atoms. The topological polar surface area (TPSA) is 105 Å². The highest BCUT2D eigenvalue weighted by atomic mass is 35.5. The predicted molar refractivity (Wildman–Crippen MR) is 145 cm³/mol. The van der Waals surface area contributed by atoms with E-state index in [1.54, 1.807) is 6.07 Å². The zero-order valence-corrected chi connectivity index (χ0v) is 22.1. The third-order valence-corrected chi connectivity index (χ3v) is 6.88. The van der Waals surface area contributed by atoms with Gasteiger partial charge in [0.2, 0.25) is 5.88 Å². The average molecular weight is 575 g/mol. The summed E-state index contributed by atoms with van der Waals surface area (Å²) in [4.78, 5) is 23.1. The Hall–Kier alpha value is -3.87. The molecule has 13 heteroatoms. The molecule has 9 nitrogen and oxygen atoms in total. The van der Waals surface area contributed by atoms with Crippen LogP contribution in [0.25, 0.3) is 11.0 Å². The maximum atomic E-state index is 13.6. The number of anilines is 2. The maximum Gasteiger partial charge on any atom is 0.416 e. The number of aryl methyl sites for hydroxylation is 1. The average Bonchev–Trinajstić information content (AvgIpc) is 3.28. The van der Waals surface area contributed by atoms with E-state index in [0.717, 1.165) is 12.1 Å². The van der Waals surface area contributed by atoms with Crippen LogP contribution in [-0.2, 0) is 19.8 Å². The molecule has 0 radical (unpaired) electrons. The molecule has 3 N–H and O–H groups in total. The zero-order chi connectivity index (χ0) is 28.4. The minimum absolute atomic E-state index is 0.00853. The van der Waals surface area contributed by atoms with Crippen LogP contribution in [-0.4, -0.2) is 49.8 Å². The number of nitrogens with one attached hydrogen (secondary N) is 2. The molecule has 4 aromatic rings. The molecule has 1 saturated heterocycles. The SMILES string of the molecule is Cn1ccc2ncnc(Oc3ccc(NC(=O)Nc4cc(CN5CCC(O)CC5)cc(C(F)(F)F)c4)c(Cl)c3)c21. The quantitative estimate of drug-likeness (QED) is 0.260. The summed E-state index contributed by atoms with van der Waals surface area (Å²) in [6.45, 7) is 1.42. The Kier molecular flexibility index (Phi) is 7.83. The molecule has 0 atom stereocenters. The van der Waals surface area contributed by atoms with E-state index in [1.807, 2.05) is 28.8 Å². The Morgan fingerprint density at radius 1 is 1.12 bits per heavy atom. The first kappa shape index (κ1) is 27.7. The third-order valence-electron chi connectivity index (χ3n) is 6.57. The van der Waals surface area contributed by atoms with Gasteiger partial charge in [0, 0.05) is 44.6 Å². The van der Waals surface area contributed by atoms with Gasteiger partial charge in [0.25, 0.3) is 0 Å². The summed E-state index contributed by atoms with van der Waals surface area (Å²) in [5.41, 5.74) is 1.16. The lowest BCUT2D eigenvalue weighted by atomic mass is 10.0. The van der Waals surface area contributed by atoms with Gasteiger partial charge in [-0.2, -0.15) is 18.2 Å². The van der Waals surface area contributed by atoms with E-state index >= 15 is 0 Å². The molecule has 2 aromatic carbocycles. The van der Waals surface area contributed by atoms with Crippen LogP contribution in [0.2, 0.25) is 5.02 Å². The standard InChI is InChI=1S/C27H26ClF3N6O3/c1-36-7-6-23-24(36)25(33-15-32-23)40-20-2-3-22(21(28)13-20)35-26(39)34-18-11-16(10-17(12-18)27(29,30)31)14-37-8-4-19(38)5-9-37/h2-3,6-7,10-13,15,19,38H,4-5,8-9,14H2,1H3,(H2,34,35,39). The number of carbonyl (C=O) groups excluding carboxylic acids is 1. The number of halogens is 4. The van der Waals surface area contributed by atoms with Gasteiger partial charge in [-0.05, 0) is 54.8 Å². The normalized spacial score (nSPS) is 14.8. The van der Waals surface area contributed by atoms with Crippen LogP contribution in [0.15, 0.2) is 55.0 Å². The van der Waals surface area contributed by atoms with Crippen LogP contribution in [0.5, 0.6) is 11.6 Å². The molecule has 0 saturated carbocycles. The van der Waals surface area contributed by atoms with Crippen molar-refractivity contribution in [1.82, 2.24) is 19.4 Å². The first-order chi connectivity index (χ1) is 19.0. The van der Waals surface area contributed by atoms with Gasteiger partial charge >= 0.3 is 12.2 Å². The highest BCUT2D eigenvalue weighted by Crippen LogP contribution is 2.34. The van der Waals surface area contributed by atoms with Crippen LogP contribution in [0.1, 0.15) is 24.0 Å². The lowest BCUT2D eigenvalue weighted by molar-refractivity contribution is -0.137. The van der Waals surface area contributed by atoms with Crippen LogP contribution >= 0.6 is 11.6 Å². The molecule has 2 aromatic heterocycles. The number of aromatic nitrogens is 3. The van der Waals surface area contributed by atoms with E-state index in [4.69, 9.17) is 16.3 Å². The van der Waals surface area contributed by atoms with Crippen LogP contribution in [0, 0.1) is 0 Å². The second-order valence-electron chi connectivity index (χ2n) is 9.59. The predicted octanol–water partition coefficient (Wildman–Crippen LogP) is 6.03. The lowest BCUT2D eigenvalue weighted by Crippen LogP contribution is -2.35. The summed E-state index contributed by atoms with van der Waals surface area (Å²) in [7, 11) is 1.84. The van der Waals surface area contributed by atoms with Crippen molar-refractivity contribution in [3.8, 4) is 11.6 Å². The highest BCUT2D eigenvalue weighted by Gasteiger charge is 2.31. The smallest absolute Gasteiger partial charge is 0.416 e. The number of urea groups is 1. The number of amides is 2. The Morgan fingerprint density at radius 3 is 2.62 bits per heavy atom. The molecule has 210 valence electrons. The minimum atomic E-state index is -4.59. The third kappa shape index (κ3) is 6.46. The number of alkyl halides is 3. The molecule has 0 aliphatic carbocycles. The lowest BCUT2D eigenvalue weighted by Gasteiger charge is -2.29. The van der Waals surface area contributed by atoms with Crippen molar-refractivity contribution in [2.45, 2.75) is 31.7 Å². The second-order valence-corrected chi connectivity index (χ2v) is 9.99. The summed E-state index contributed by atoms with van der Waals surface area (Å²) in [5.74, 6) is 0.693. The molecule has 40 heavy (non-hydrogen) atoms. The molecule has 0 unspecified atom stereocenters. The van der Waals surface area contributed by atoms with Crippen molar-refractivity contribution in [3.63, 3.8) is 0 Å². The van der Waals surface area contributed by atoms with Crippen molar-refractivity contribution in [3.05, 3.63) is 71.1 Å². The van der Waals surface area contributed by atoms with E-state index in [0.29, 0.717) is 54.2 Å². The fraction of sp³-hybridized carbons (Fsp3) is 0.296. The van der Waals surface area contributed by atoms with Gasteiger partial charge in [-0.3, -0.25) is 4.90 Å². The summed E-state index contributed by atoms with van der Waals surface area (Å²) in [6, 6.07) is 9.12. The van der Waals surface area contributed by atoms with Crippen LogP contribution < -0.4 is 15.4 Å². The van der Waals surface area contributed by atoms with E-state index < -0.39 is 23.9 Å². The van der Waals surface area contributed by atoms with Crippen molar-refractivity contribution >= 4 is 40.0 Å². The van der Waals surface area contributed by atoms with E-state index in [9.17, 15) is 23.1 Å². The van der Waals surface area contributed by atoms with E-state index in [1.165, 1.54) is 24.5 Å². The van der Waals surface area contributed by atoms with Gasteiger partial charge in [0.05, 0.1) is 27.9 Å². The number of carbonyl (C=O) groups is 1. The Morgan fingerprint density at radius 2 is 1.90 bits per heavy atom. The summed E-state index contributed by atoms with van der Waals surface area (Å²) in [5, 5.41) is 14.9. The molecule has 1 aliphatic rings. The van der Waals surface area contributed by atoms with E-state index in [2.05, 4.69) is 20.6 Å². The van der Waals surface area contributed by atoms with Gasteiger partial charge in [-0.1, -0.05) is 11.6 Å². The van der Waals surface area contributed by atoms with Crippen molar-refractivity contribution in [2.24, 2.45) is 7.05 Å². The molecule has 2 amide bonds. The Balaban J connectivity index is 1.28. The molecule has 0 spiro atoms. The first-order valence-corrected chi connectivity index (χ1v) is 12.9. The van der Waals surface area contributed by atoms with Crippen molar-refractivity contribution in [1.29, 1.82) is 0 Å². The Bertz CT molecular complexity index is 1540. The van der Waals surface area contributed by atoms with Crippen LogP contribution in [0.3, 0.4) is 0 Å². The Labute approximate surface area is 232 Å². The number of nitrogens with zero attached hydrogens (tertiary/aromatic N) is 4. The molecule has 5 rings (SSSR count). The summed E-state index contributed by atoms with van der Waals surface area (Å²) < 4.78 is 48.5. The summed E-state index contributed by atoms with van der Waals surface area (Å²) in [6.07, 6.45) is -0.640. The monoisotopic (exact) mass is 574 g/mol. The number of ether oxygens (including phenoxy) is 1. The summed E-state index contributed by atoms with van der Waals surface area (Å²) >= 11 is 6.37. The molecule has 1 aliphatic heterocycles. The maximum absolute atomic E-state index is 13.6. The number of rotatable bonds is 6. The van der Waals surface area contributed by atoms with Gasteiger partial charge in [0.1, 0.15) is 17.6 Å². The van der Waals surface area contributed by atoms with Gasteiger partial charge in [-0.25, -0.2) is 9.78 Å². The molecular formula is C27H26ClF3N6O3. The molecule has 3 heterocycles.